The summed E-state index contributed by atoms with van der Waals surface area (Å²) >= 11 is 1.10. The highest BCUT2D eigenvalue weighted by molar-refractivity contribution is 8.01. The van der Waals surface area contributed by atoms with Gasteiger partial charge in [-0.2, -0.15) is 0 Å². The van der Waals surface area contributed by atoms with Crippen LogP contribution in [0.25, 0.3) is 0 Å². The van der Waals surface area contributed by atoms with Crippen LogP contribution in [0.5, 0.6) is 0 Å². The molecule has 0 aromatic heterocycles. The number of thioether (sulfide) groups is 1. The van der Waals surface area contributed by atoms with Crippen LogP contribution in [-0.2, 0) is 16.0 Å². The number of anilines is 1. The molecular weight excluding hydrogens is 262 g/mol. The standard InChI is InChI=1S/C14H17NO3S/c1-9-7-11-5-3-4-6-12(11)15(9)13(16)8-19-10(2)14(17)18/h3-6,9-10H,7-8H2,1-2H3,(H,17,18)/p-1/t9-,10+/m0/s1. The van der Waals surface area contributed by atoms with Crippen molar-refractivity contribution >= 4 is 29.3 Å². The largest absolute Gasteiger partial charge is 0.549 e. The predicted octanol–water partition coefficient (Wildman–Crippen LogP) is 0.836. The van der Waals surface area contributed by atoms with Crippen LogP contribution in [0.1, 0.15) is 19.4 Å². The van der Waals surface area contributed by atoms with E-state index in [1.54, 1.807) is 4.90 Å². The lowest BCUT2D eigenvalue weighted by Gasteiger charge is -2.23. The van der Waals surface area contributed by atoms with Gasteiger partial charge in [0.1, 0.15) is 0 Å². The van der Waals surface area contributed by atoms with Gasteiger partial charge in [-0.25, -0.2) is 0 Å². The molecule has 0 unspecified atom stereocenters. The molecular formula is C14H16NO3S-. The van der Waals surface area contributed by atoms with Gasteiger partial charge >= 0.3 is 0 Å². The highest BCUT2D eigenvalue weighted by atomic mass is 32.2. The summed E-state index contributed by atoms with van der Waals surface area (Å²) in [4.78, 5) is 24.6. The van der Waals surface area contributed by atoms with Crippen LogP contribution in [0.15, 0.2) is 24.3 Å². The van der Waals surface area contributed by atoms with Crippen LogP contribution in [-0.4, -0.2) is 28.9 Å². The van der Waals surface area contributed by atoms with Gasteiger partial charge < -0.3 is 14.8 Å². The van der Waals surface area contributed by atoms with E-state index in [-0.39, 0.29) is 17.7 Å². The Morgan fingerprint density at radius 2 is 2.16 bits per heavy atom. The number of hydrogen-bond donors (Lipinski definition) is 0. The average molecular weight is 278 g/mol. The van der Waals surface area contributed by atoms with Gasteiger partial charge in [-0.3, -0.25) is 4.79 Å². The molecule has 102 valence electrons. The SMILES string of the molecule is C[C@@H](SCC(=O)N1c2ccccc2C[C@@H]1C)C(=O)[O-]. The lowest BCUT2D eigenvalue weighted by molar-refractivity contribution is -0.304. The molecule has 1 aromatic carbocycles. The normalized spacial score (nSPS) is 19.1. The average Bonchev–Trinajstić information content (AvgIpc) is 2.71. The molecule has 4 nitrogen and oxygen atoms in total. The van der Waals surface area contributed by atoms with Crippen molar-refractivity contribution in [1.82, 2.24) is 0 Å². The molecule has 1 amide bonds. The second-order valence-electron chi connectivity index (χ2n) is 4.72. The topological polar surface area (TPSA) is 60.4 Å². The van der Waals surface area contributed by atoms with Gasteiger partial charge in [-0.1, -0.05) is 18.2 Å². The molecule has 1 aliphatic heterocycles. The Balaban J connectivity index is 2.06. The molecule has 0 spiro atoms. The Labute approximate surface area is 116 Å². The number of amides is 1. The van der Waals surface area contributed by atoms with Crippen LogP contribution in [0.2, 0.25) is 0 Å². The number of para-hydroxylation sites is 1. The molecule has 2 atom stereocenters. The van der Waals surface area contributed by atoms with Gasteiger partial charge in [0, 0.05) is 17.0 Å². The van der Waals surface area contributed by atoms with Crippen molar-refractivity contribution < 1.29 is 14.7 Å². The van der Waals surface area contributed by atoms with Crippen molar-refractivity contribution in [2.75, 3.05) is 10.7 Å². The van der Waals surface area contributed by atoms with E-state index in [0.717, 1.165) is 23.9 Å². The molecule has 5 heteroatoms. The van der Waals surface area contributed by atoms with Crippen LogP contribution in [0, 0.1) is 0 Å². The maximum atomic E-state index is 12.2. The molecule has 0 saturated carbocycles. The van der Waals surface area contributed by atoms with Gasteiger partial charge in [-0.05, 0) is 31.9 Å². The quantitative estimate of drug-likeness (QED) is 0.818. The number of carbonyl (C=O) groups is 2. The summed E-state index contributed by atoms with van der Waals surface area (Å²) in [5.41, 5.74) is 2.11. The zero-order chi connectivity index (χ0) is 14.0. The van der Waals surface area contributed by atoms with Gasteiger partial charge in [0.15, 0.2) is 0 Å². The summed E-state index contributed by atoms with van der Waals surface area (Å²) in [7, 11) is 0. The molecule has 19 heavy (non-hydrogen) atoms. The van der Waals surface area contributed by atoms with E-state index >= 15 is 0 Å². The first-order chi connectivity index (χ1) is 9.00. The van der Waals surface area contributed by atoms with Crippen molar-refractivity contribution in [2.24, 2.45) is 0 Å². The first-order valence-corrected chi connectivity index (χ1v) is 7.28. The van der Waals surface area contributed by atoms with Crippen molar-refractivity contribution in [3.63, 3.8) is 0 Å². The molecule has 1 aromatic rings. The minimum atomic E-state index is -1.13. The summed E-state index contributed by atoms with van der Waals surface area (Å²) in [6.45, 7) is 3.54. The molecule has 2 rings (SSSR count). The second kappa shape index (κ2) is 5.65. The van der Waals surface area contributed by atoms with Crippen molar-refractivity contribution in [2.45, 2.75) is 31.6 Å². The maximum absolute atomic E-state index is 12.2. The first kappa shape index (κ1) is 13.9. The Kier molecular flexibility index (Phi) is 4.14. The first-order valence-electron chi connectivity index (χ1n) is 6.23. The molecule has 0 radical (unpaired) electrons. The Bertz CT molecular complexity index is 503. The van der Waals surface area contributed by atoms with Gasteiger partial charge in [-0.15, -0.1) is 11.8 Å². The third-order valence-corrected chi connectivity index (χ3v) is 4.37. The van der Waals surface area contributed by atoms with E-state index in [1.165, 1.54) is 12.5 Å². The monoisotopic (exact) mass is 278 g/mol. The van der Waals surface area contributed by atoms with E-state index in [9.17, 15) is 14.7 Å². The van der Waals surface area contributed by atoms with Crippen LogP contribution in [0.4, 0.5) is 5.69 Å². The summed E-state index contributed by atoms with van der Waals surface area (Å²) in [6, 6.07) is 7.96. The summed E-state index contributed by atoms with van der Waals surface area (Å²) in [5, 5.41) is 9.97. The molecule has 0 saturated heterocycles. The van der Waals surface area contributed by atoms with Gasteiger partial charge in [0.2, 0.25) is 5.91 Å². The Morgan fingerprint density at radius 3 is 2.84 bits per heavy atom. The Morgan fingerprint density at radius 1 is 1.47 bits per heavy atom. The minimum Gasteiger partial charge on any atom is -0.549 e. The fourth-order valence-electron chi connectivity index (χ4n) is 2.28. The summed E-state index contributed by atoms with van der Waals surface area (Å²) < 4.78 is 0. The molecule has 0 N–H and O–H groups in total. The third kappa shape index (κ3) is 2.92. The molecule has 1 heterocycles. The van der Waals surface area contributed by atoms with Crippen molar-refractivity contribution in [3.8, 4) is 0 Å². The number of aliphatic carboxylic acids is 1. The lowest BCUT2D eigenvalue weighted by Crippen LogP contribution is -2.38. The van der Waals surface area contributed by atoms with Crippen molar-refractivity contribution in [1.29, 1.82) is 0 Å². The molecule has 0 aliphatic carbocycles. The number of benzene rings is 1. The molecule has 0 fully saturated rings. The number of nitrogens with zero attached hydrogens (tertiary/aromatic N) is 1. The van der Waals surface area contributed by atoms with E-state index in [1.807, 2.05) is 31.2 Å². The fraction of sp³-hybridized carbons (Fsp3) is 0.429. The van der Waals surface area contributed by atoms with Gasteiger partial charge in [0.25, 0.3) is 0 Å². The maximum Gasteiger partial charge on any atom is 0.237 e. The Hall–Kier alpha value is -1.49. The fourth-order valence-corrected chi connectivity index (χ4v) is 2.95. The highest BCUT2D eigenvalue weighted by Crippen LogP contribution is 2.32. The van der Waals surface area contributed by atoms with Crippen LogP contribution in [0.3, 0.4) is 0 Å². The number of carboxylic acids is 1. The van der Waals surface area contributed by atoms with E-state index in [4.69, 9.17) is 0 Å². The predicted molar refractivity (Wildman–Crippen MR) is 74.0 cm³/mol. The zero-order valence-corrected chi connectivity index (χ0v) is 11.8. The van der Waals surface area contributed by atoms with E-state index in [2.05, 4.69) is 0 Å². The van der Waals surface area contributed by atoms with Crippen molar-refractivity contribution in [3.05, 3.63) is 29.8 Å². The minimum absolute atomic E-state index is 0.0458. The number of carbonyl (C=O) groups excluding carboxylic acids is 2. The van der Waals surface area contributed by atoms with Crippen LogP contribution >= 0.6 is 11.8 Å². The summed E-state index contributed by atoms with van der Waals surface area (Å²) in [5.74, 6) is -1.02. The number of hydrogen-bond acceptors (Lipinski definition) is 4. The lowest BCUT2D eigenvalue weighted by atomic mass is 10.1. The second-order valence-corrected chi connectivity index (χ2v) is 6.05. The highest BCUT2D eigenvalue weighted by Gasteiger charge is 2.30. The van der Waals surface area contributed by atoms with E-state index in [0.29, 0.717) is 0 Å². The molecule has 0 bridgehead atoms. The smallest absolute Gasteiger partial charge is 0.237 e. The molecule has 1 aliphatic rings. The number of carboxylic acid groups (broad SMARTS) is 1. The van der Waals surface area contributed by atoms with E-state index < -0.39 is 11.2 Å². The van der Waals surface area contributed by atoms with Gasteiger partial charge in [0.05, 0.1) is 11.7 Å². The van der Waals surface area contributed by atoms with Crippen LogP contribution < -0.4 is 10.0 Å². The number of fused-ring (bicyclic) bond motifs is 1. The number of rotatable bonds is 4. The third-order valence-electron chi connectivity index (χ3n) is 3.26. The zero-order valence-electron chi connectivity index (χ0n) is 11.0. The summed E-state index contributed by atoms with van der Waals surface area (Å²) in [6.07, 6.45) is 0.850.